The molecule has 2 aromatic heterocycles. The molecular formula is C21H24N5PS. The van der Waals surface area contributed by atoms with E-state index in [2.05, 4.69) is 66.3 Å². The minimum Gasteiger partial charge on any atom is -0.308 e. The van der Waals surface area contributed by atoms with Gasteiger partial charge >= 0.3 is 0 Å². The lowest BCUT2D eigenvalue weighted by Crippen LogP contribution is -2.22. The Kier molecular flexibility index (Phi) is 6.45. The van der Waals surface area contributed by atoms with E-state index in [1.807, 2.05) is 27.1 Å². The van der Waals surface area contributed by atoms with Gasteiger partial charge in [-0.1, -0.05) is 12.1 Å². The monoisotopic (exact) mass is 409 g/mol. The number of aliphatic imine (C=N–C) groups is 2. The third-order valence-electron chi connectivity index (χ3n) is 4.59. The van der Waals surface area contributed by atoms with Crippen molar-refractivity contribution in [3.05, 3.63) is 68.9 Å². The molecule has 0 aliphatic rings. The molecule has 28 heavy (non-hydrogen) atoms. The Morgan fingerprint density at radius 3 is 2.61 bits per heavy atom. The lowest BCUT2D eigenvalue weighted by atomic mass is 9.97. The number of benzene rings is 1. The van der Waals surface area contributed by atoms with Crippen molar-refractivity contribution in [3.8, 4) is 0 Å². The molecule has 2 unspecified atom stereocenters. The zero-order valence-corrected chi connectivity index (χ0v) is 18.5. The van der Waals surface area contributed by atoms with E-state index in [-0.39, 0.29) is 6.04 Å². The third kappa shape index (κ3) is 3.95. The van der Waals surface area contributed by atoms with E-state index >= 15 is 0 Å². The smallest absolute Gasteiger partial charge is 0.0843 e. The number of aryl methyl sites for hydroxylation is 2. The third-order valence-corrected chi connectivity index (χ3v) is 6.14. The molecule has 0 radical (unpaired) electrons. The molecule has 2 atom stereocenters. The fourth-order valence-electron chi connectivity index (χ4n) is 3.25. The first kappa shape index (κ1) is 20.5. The van der Waals surface area contributed by atoms with Crippen LogP contribution in [0.2, 0.25) is 0 Å². The number of nitrogens with one attached hydrogen (secondary N) is 1. The maximum absolute atomic E-state index is 4.61. The van der Waals surface area contributed by atoms with Gasteiger partial charge in [-0.25, -0.2) is 0 Å². The van der Waals surface area contributed by atoms with Crippen LogP contribution in [0.4, 0.5) is 5.69 Å². The molecule has 0 fully saturated rings. The van der Waals surface area contributed by atoms with Gasteiger partial charge in [-0.3, -0.25) is 20.0 Å². The van der Waals surface area contributed by atoms with Crippen LogP contribution in [-0.2, 0) is 0 Å². The van der Waals surface area contributed by atoms with Gasteiger partial charge in [-0.05, 0) is 50.6 Å². The Balaban J connectivity index is 2.13. The van der Waals surface area contributed by atoms with E-state index in [0.717, 1.165) is 44.1 Å². The number of aromatic nitrogens is 2. The standard InChI is InChI=1S/C21H24N5PS/c1-12-10-16(22-3)21(28-12)20(24-5)15-11-14(6-7-17(15)27)19(23-4)18-13(2)25-8-9-26-18/h6-11,19,23H,3,27H2,1-2,4-5H3. The number of rotatable bonds is 6. The molecule has 7 heteroatoms. The van der Waals surface area contributed by atoms with Crippen molar-refractivity contribution in [1.29, 1.82) is 0 Å². The Hall–Kier alpha value is -2.27. The summed E-state index contributed by atoms with van der Waals surface area (Å²) in [6, 6.07) is 8.36. The van der Waals surface area contributed by atoms with Gasteiger partial charge in [0.15, 0.2) is 0 Å². The van der Waals surface area contributed by atoms with E-state index in [1.54, 1.807) is 23.7 Å². The number of hydrogen-bond acceptors (Lipinski definition) is 6. The molecular weight excluding hydrogens is 385 g/mol. The molecule has 0 aliphatic carbocycles. The van der Waals surface area contributed by atoms with Crippen LogP contribution in [0.5, 0.6) is 0 Å². The Morgan fingerprint density at radius 2 is 1.96 bits per heavy atom. The van der Waals surface area contributed by atoms with Crippen LogP contribution in [0.1, 0.15) is 38.3 Å². The van der Waals surface area contributed by atoms with Crippen LogP contribution in [0.25, 0.3) is 0 Å². The minimum absolute atomic E-state index is 0.0572. The van der Waals surface area contributed by atoms with Crippen LogP contribution in [0.15, 0.2) is 46.6 Å². The zero-order valence-electron chi connectivity index (χ0n) is 16.5. The van der Waals surface area contributed by atoms with E-state index in [9.17, 15) is 0 Å². The molecule has 0 saturated carbocycles. The van der Waals surface area contributed by atoms with Gasteiger partial charge in [0.2, 0.25) is 0 Å². The summed E-state index contributed by atoms with van der Waals surface area (Å²) >= 11 is 1.68. The first-order chi connectivity index (χ1) is 13.5. The highest BCUT2D eigenvalue weighted by Gasteiger charge is 2.21. The van der Waals surface area contributed by atoms with Crippen molar-refractivity contribution >= 4 is 44.0 Å². The normalized spacial score (nSPS) is 12.8. The average Bonchev–Trinajstić information content (AvgIpc) is 3.07. The van der Waals surface area contributed by atoms with Crippen molar-refractivity contribution in [1.82, 2.24) is 15.3 Å². The van der Waals surface area contributed by atoms with Crippen molar-refractivity contribution < 1.29 is 0 Å². The second-order valence-corrected chi connectivity index (χ2v) is 8.28. The number of hydrogen-bond donors (Lipinski definition) is 1. The molecule has 5 nitrogen and oxygen atoms in total. The molecule has 144 valence electrons. The number of nitrogens with zero attached hydrogens (tertiary/aromatic N) is 4. The van der Waals surface area contributed by atoms with E-state index in [1.165, 1.54) is 4.88 Å². The molecule has 3 aromatic rings. The SMILES string of the molecule is C=Nc1cc(C)sc1C(=NC)c1cc(C(NC)c2nccnc2C)ccc1P. The predicted octanol–water partition coefficient (Wildman–Crippen LogP) is 3.76. The van der Waals surface area contributed by atoms with Crippen molar-refractivity contribution in [2.24, 2.45) is 9.98 Å². The van der Waals surface area contributed by atoms with Gasteiger partial charge in [0.05, 0.1) is 33.7 Å². The summed E-state index contributed by atoms with van der Waals surface area (Å²) in [7, 11) is 6.56. The zero-order chi connectivity index (χ0) is 20.3. The van der Waals surface area contributed by atoms with Crippen molar-refractivity contribution in [2.45, 2.75) is 19.9 Å². The van der Waals surface area contributed by atoms with Gasteiger partial charge in [-0.2, -0.15) is 0 Å². The molecule has 0 saturated heterocycles. The van der Waals surface area contributed by atoms with Gasteiger partial charge in [-0.15, -0.1) is 20.6 Å². The van der Waals surface area contributed by atoms with Crippen LogP contribution >= 0.6 is 20.6 Å². The molecule has 0 aliphatic heterocycles. The Labute approximate surface area is 172 Å². The van der Waals surface area contributed by atoms with Gasteiger partial charge in [0, 0.05) is 29.9 Å². The quantitative estimate of drug-likeness (QED) is 0.498. The first-order valence-electron chi connectivity index (χ1n) is 8.89. The lowest BCUT2D eigenvalue weighted by Gasteiger charge is -2.19. The highest BCUT2D eigenvalue weighted by Crippen LogP contribution is 2.32. The summed E-state index contributed by atoms with van der Waals surface area (Å²) in [5, 5.41) is 4.45. The fraction of sp³-hybridized carbons (Fsp3) is 0.238. The fourth-order valence-corrected chi connectivity index (χ4v) is 4.59. The predicted molar refractivity (Wildman–Crippen MR) is 123 cm³/mol. The summed E-state index contributed by atoms with van der Waals surface area (Å²) in [5.74, 6) is 0. The average molecular weight is 409 g/mol. The second kappa shape index (κ2) is 8.82. The lowest BCUT2D eigenvalue weighted by molar-refractivity contribution is 0.660. The van der Waals surface area contributed by atoms with Crippen LogP contribution < -0.4 is 10.6 Å². The molecule has 0 amide bonds. The Bertz CT molecular complexity index is 1040. The van der Waals surface area contributed by atoms with Crippen LogP contribution in [-0.4, -0.2) is 36.5 Å². The van der Waals surface area contributed by atoms with Crippen LogP contribution in [0.3, 0.4) is 0 Å². The molecule has 3 rings (SSSR count). The molecule has 1 N–H and O–H groups in total. The summed E-state index contributed by atoms with van der Waals surface area (Å²) in [5.41, 5.74) is 5.77. The number of thiophene rings is 1. The van der Waals surface area contributed by atoms with E-state index in [4.69, 9.17) is 0 Å². The summed E-state index contributed by atoms with van der Waals surface area (Å²) in [4.78, 5) is 20.0. The largest absolute Gasteiger partial charge is 0.308 e. The van der Waals surface area contributed by atoms with Gasteiger partial charge < -0.3 is 5.32 Å². The van der Waals surface area contributed by atoms with Gasteiger partial charge in [0.1, 0.15) is 0 Å². The minimum atomic E-state index is -0.0572. The maximum atomic E-state index is 4.61. The second-order valence-electron chi connectivity index (χ2n) is 6.40. The summed E-state index contributed by atoms with van der Waals surface area (Å²) < 4.78 is 0. The van der Waals surface area contributed by atoms with Gasteiger partial charge in [0.25, 0.3) is 0 Å². The first-order valence-corrected chi connectivity index (χ1v) is 10.3. The summed E-state index contributed by atoms with van der Waals surface area (Å²) in [6.07, 6.45) is 3.44. The molecule has 0 spiro atoms. The van der Waals surface area contributed by atoms with Crippen LogP contribution in [0, 0.1) is 13.8 Å². The van der Waals surface area contributed by atoms with E-state index < -0.39 is 0 Å². The molecule has 1 aromatic carbocycles. The van der Waals surface area contributed by atoms with Crippen molar-refractivity contribution in [2.75, 3.05) is 14.1 Å². The topological polar surface area (TPSA) is 62.5 Å². The Morgan fingerprint density at radius 1 is 1.21 bits per heavy atom. The van der Waals surface area contributed by atoms with Crippen molar-refractivity contribution in [3.63, 3.8) is 0 Å². The highest BCUT2D eigenvalue weighted by molar-refractivity contribution is 7.27. The van der Waals surface area contributed by atoms with E-state index in [0.29, 0.717) is 0 Å². The molecule has 0 bridgehead atoms. The molecule has 2 heterocycles. The highest BCUT2D eigenvalue weighted by atomic mass is 32.1. The maximum Gasteiger partial charge on any atom is 0.0843 e. The summed E-state index contributed by atoms with van der Waals surface area (Å²) in [6.45, 7) is 7.77.